The molecule has 3 heteroatoms. The molecule has 0 saturated heterocycles. The molecule has 0 amide bonds. The van der Waals surface area contributed by atoms with Gasteiger partial charge in [0.05, 0.1) is 6.10 Å². The van der Waals surface area contributed by atoms with Gasteiger partial charge in [0.1, 0.15) is 11.9 Å². The van der Waals surface area contributed by atoms with Gasteiger partial charge in [0.2, 0.25) is 0 Å². The van der Waals surface area contributed by atoms with Crippen LogP contribution in [0.2, 0.25) is 0 Å². The molecule has 1 aromatic rings. The molecule has 16 heavy (non-hydrogen) atoms. The average molecular weight is 226 g/mol. The van der Waals surface area contributed by atoms with Crippen LogP contribution in [-0.4, -0.2) is 18.3 Å². The number of hydrogen-bond acceptors (Lipinski definition) is 2. The van der Waals surface area contributed by atoms with Gasteiger partial charge in [-0.1, -0.05) is 25.5 Å². The van der Waals surface area contributed by atoms with Gasteiger partial charge in [0.15, 0.2) is 0 Å². The van der Waals surface area contributed by atoms with Gasteiger partial charge < -0.3 is 9.84 Å². The summed E-state index contributed by atoms with van der Waals surface area (Å²) in [6, 6.07) is 4.79. The number of ether oxygens (including phenoxy) is 1. The lowest BCUT2D eigenvalue weighted by molar-refractivity contribution is -0.0181. The minimum atomic E-state index is -0.764. The lowest BCUT2D eigenvalue weighted by Crippen LogP contribution is -2.20. The smallest absolute Gasteiger partial charge is 0.126 e. The molecule has 0 aromatic heterocycles. The second kappa shape index (κ2) is 5.97. The summed E-state index contributed by atoms with van der Waals surface area (Å²) in [5.41, 5.74) is 1.16. The minimum absolute atomic E-state index is 0.271. The van der Waals surface area contributed by atoms with Crippen molar-refractivity contribution >= 4 is 0 Å². The Morgan fingerprint density at radius 3 is 2.62 bits per heavy atom. The van der Waals surface area contributed by atoms with Gasteiger partial charge in [-0.2, -0.15) is 0 Å². The summed E-state index contributed by atoms with van der Waals surface area (Å²) in [6.45, 7) is 3.72. The Hall–Kier alpha value is -0.930. The molecule has 0 saturated carbocycles. The third kappa shape index (κ3) is 3.03. The Morgan fingerprint density at radius 1 is 1.44 bits per heavy atom. The Labute approximate surface area is 96.1 Å². The highest BCUT2D eigenvalue weighted by Gasteiger charge is 2.20. The molecular formula is C13H19FO2. The molecule has 0 radical (unpaired) electrons. The van der Waals surface area contributed by atoms with Gasteiger partial charge in [-0.3, -0.25) is 0 Å². The van der Waals surface area contributed by atoms with Crippen molar-refractivity contribution < 1.29 is 14.2 Å². The van der Waals surface area contributed by atoms with E-state index in [9.17, 15) is 9.50 Å². The fraction of sp³-hybridized carbons (Fsp3) is 0.538. The van der Waals surface area contributed by atoms with Crippen LogP contribution in [0.1, 0.15) is 37.0 Å². The van der Waals surface area contributed by atoms with Crippen molar-refractivity contribution in [2.75, 3.05) is 7.11 Å². The molecule has 2 unspecified atom stereocenters. The first-order valence-electron chi connectivity index (χ1n) is 5.57. The Morgan fingerprint density at radius 2 is 2.12 bits per heavy atom. The van der Waals surface area contributed by atoms with Gasteiger partial charge in [0.25, 0.3) is 0 Å². The molecule has 2 nitrogen and oxygen atoms in total. The van der Waals surface area contributed by atoms with Crippen LogP contribution in [0.15, 0.2) is 18.2 Å². The lowest BCUT2D eigenvalue weighted by atomic mass is 10.00. The topological polar surface area (TPSA) is 29.5 Å². The number of aliphatic hydroxyl groups is 1. The van der Waals surface area contributed by atoms with E-state index >= 15 is 0 Å². The summed E-state index contributed by atoms with van der Waals surface area (Å²) >= 11 is 0. The molecule has 0 aliphatic rings. The molecule has 0 spiro atoms. The molecule has 1 aromatic carbocycles. The van der Waals surface area contributed by atoms with E-state index in [0.29, 0.717) is 11.1 Å². The Kier molecular flexibility index (Phi) is 4.90. The molecule has 0 aliphatic carbocycles. The first-order chi connectivity index (χ1) is 7.60. The Bertz CT molecular complexity index is 339. The molecule has 1 rings (SSSR count). The zero-order valence-electron chi connectivity index (χ0n) is 10.0. The summed E-state index contributed by atoms with van der Waals surface area (Å²) in [5.74, 6) is -0.289. The molecular weight excluding hydrogens is 207 g/mol. The molecule has 0 bridgehead atoms. The van der Waals surface area contributed by atoms with Crippen LogP contribution in [-0.2, 0) is 4.74 Å². The van der Waals surface area contributed by atoms with Gasteiger partial charge in [-0.15, -0.1) is 0 Å². The minimum Gasteiger partial charge on any atom is -0.386 e. The standard InChI is InChI=1S/C13H19FO2/c1-4-5-12(16-3)13(15)10-7-6-9(2)11(14)8-10/h6-8,12-13,15H,4-5H2,1-3H3. The third-order valence-corrected chi connectivity index (χ3v) is 2.77. The van der Waals surface area contributed by atoms with Crippen LogP contribution >= 0.6 is 0 Å². The summed E-state index contributed by atoms with van der Waals surface area (Å²) < 4.78 is 18.5. The second-order valence-electron chi connectivity index (χ2n) is 4.02. The maximum Gasteiger partial charge on any atom is 0.126 e. The van der Waals surface area contributed by atoms with Crippen LogP contribution in [0.4, 0.5) is 4.39 Å². The number of rotatable bonds is 5. The fourth-order valence-corrected chi connectivity index (χ4v) is 1.70. The van der Waals surface area contributed by atoms with Crippen molar-refractivity contribution in [1.29, 1.82) is 0 Å². The van der Waals surface area contributed by atoms with Crippen molar-refractivity contribution in [1.82, 2.24) is 0 Å². The number of hydrogen-bond donors (Lipinski definition) is 1. The first-order valence-corrected chi connectivity index (χ1v) is 5.57. The fourth-order valence-electron chi connectivity index (χ4n) is 1.70. The predicted octanol–water partition coefficient (Wildman–Crippen LogP) is 2.98. The van der Waals surface area contributed by atoms with Crippen molar-refractivity contribution in [3.63, 3.8) is 0 Å². The SMILES string of the molecule is CCCC(OC)C(O)c1ccc(C)c(F)c1. The quantitative estimate of drug-likeness (QED) is 0.836. The van der Waals surface area contributed by atoms with E-state index in [1.165, 1.54) is 6.07 Å². The molecule has 0 aliphatic heterocycles. The first kappa shape index (κ1) is 13.1. The highest BCUT2D eigenvalue weighted by molar-refractivity contribution is 5.25. The van der Waals surface area contributed by atoms with Crippen LogP contribution in [0.3, 0.4) is 0 Å². The maximum atomic E-state index is 13.3. The van der Waals surface area contributed by atoms with E-state index in [2.05, 4.69) is 0 Å². The zero-order valence-corrected chi connectivity index (χ0v) is 10.0. The summed E-state index contributed by atoms with van der Waals surface area (Å²) in [4.78, 5) is 0. The molecule has 0 fully saturated rings. The van der Waals surface area contributed by atoms with Crippen LogP contribution in [0.5, 0.6) is 0 Å². The van der Waals surface area contributed by atoms with Crippen molar-refractivity contribution in [3.8, 4) is 0 Å². The molecule has 0 heterocycles. The summed E-state index contributed by atoms with van der Waals surface area (Å²) in [6.07, 6.45) is 0.643. The largest absolute Gasteiger partial charge is 0.386 e. The van der Waals surface area contributed by atoms with E-state index in [4.69, 9.17) is 4.74 Å². The van der Waals surface area contributed by atoms with E-state index in [1.54, 1.807) is 26.2 Å². The normalized spacial score (nSPS) is 14.8. The Balaban J connectivity index is 2.85. The van der Waals surface area contributed by atoms with Gasteiger partial charge in [-0.25, -0.2) is 4.39 Å². The van der Waals surface area contributed by atoms with Crippen molar-refractivity contribution in [2.45, 2.75) is 38.9 Å². The maximum absolute atomic E-state index is 13.3. The highest BCUT2D eigenvalue weighted by Crippen LogP contribution is 2.23. The lowest BCUT2D eigenvalue weighted by Gasteiger charge is -2.21. The average Bonchev–Trinajstić information content (AvgIpc) is 2.28. The third-order valence-electron chi connectivity index (χ3n) is 2.77. The van der Waals surface area contributed by atoms with Gasteiger partial charge >= 0.3 is 0 Å². The van der Waals surface area contributed by atoms with E-state index in [0.717, 1.165) is 12.8 Å². The summed E-state index contributed by atoms with van der Waals surface area (Å²) in [7, 11) is 1.56. The molecule has 1 N–H and O–H groups in total. The predicted molar refractivity (Wildman–Crippen MR) is 61.8 cm³/mol. The number of methoxy groups -OCH3 is 1. The van der Waals surface area contributed by atoms with E-state index in [1.807, 2.05) is 6.92 Å². The van der Waals surface area contributed by atoms with Crippen molar-refractivity contribution in [2.24, 2.45) is 0 Å². The number of benzene rings is 1. The van der Waals surface area contributed by atoms with Gasteiger partial charge in [-0.05, 0) is 30.5 Å². The monoisotopic (exact) mass is 226 g/mol. The van der Waals surface area contributed by atoms with E-state index < -0.39 is 6.10 Å². The number of aryl methyl sites for hydroxylation is 1. The number of aliphatic hydroxyl groups excluding tert-OH is 1. The zero-order chi connectivity index (χ0) is 12.1. The van der Waals surface area contributed by atoms with E-state index in [-0.39, 0.29) is 11.9 Å². The molecule has 90 valence electrons. The second-order valence-corrected chi connectivity index (χ2v) is 4.02. The molecule has 2 atom stereocenters. The summed E-state index contributed by atoms with van der Waals surface area (Å²) in [5, 5.41) is 10.0. The van der Waals surface area contributed by atoms with Crippen LogP contribution in [0, 0.1) is 12.7 Å². The van der Waals surface area contributed by atoms with Crippen molar-refractivity contribution in [3.05, 3.63) is 35.1 Å². The number of halogens is 1. The van der Waals surface area contributed by atoms with Crippen LogP contribution < -0.4 is 0 Å². The van der Waals surface area contributed by atoms with Crippen LogP contribution in [0.25, 0.3) is 0 Å². The van der Waals surface area contributed by atoms with Gasteiger partial charge in [0, 0.05) is 7.11 Å². The highest BCUT2D eigenvalue weighted by atomic mass is 19.1.